The van der Waals surface area contributed by atoms with Gasteiger partial charge in [0.2, 0.25) is 0 Å². The van der Waals surface area contributed by atoms with Crippen LogP contribution in [0.5, 0.6) is 0 Å². The van der Waals surface area contributed by atoms with Gasteiger partial charge < -0.3 is 14.6 Å². The van der Waals surface area contributed by atoms with E-state index in [1.165, 1.54) is 12.1 Å². The molecule has 1 saturated heterocycles. The molecule has 1 aromatic heterocycles. The van der Waals surface area contributed by atoms with Crippen molar-refractivity contribution in [2.24, 2.45) is 0 Å². The Morgan fingerprint density at radius 1 is 1.44 bits per heavy atom. The molecule has 1 aromatic rings. The van der Waals surface area contributed by atoms with Crippen LogP contribution in [-0.2, 0) is 11.3 Å². The van der Waals surface area contributed by atoms with Gasteiger partial charge in [-0.1, -0.05) is 13.8 Å². The molecule has 4 nitrogen and oxygen atoms in total. The maximum atomic E-state index is 5.92. The lowest BCUT2D eigenvalue weighted by Gasteiger charge is -2.30. The molecule has 0 aliphatic carbocycles. The van der Waals surface area contributed by atoms with Crippen LogP contribution in [-0.4, -0.2) is 28.7 Å². The van der Waals surface area contributed by atoms with E-state index in [0.717, 1.165) is 39.0 Å². The molecule has 2 heterocycles. The Labute approximate surface area is 110 Å². The van der Waals surface area contributed by atoms with E-state index in [-0.39, 0.29) is 6.10 Å². The molecule has 102 valence electrons. The highest BCUT2D eigenvalue weighted by atomic mass is 16.5. The van der Waals surface area contributed by atoms with E-state index in [1.807, 2.05) is 12.5 Å². The summed E-state index contributed by atoms with van der Waals surface area (Å²) >= 11 is 0. The molecule has 18 heavy (non-hydrogen) atoms. The zero-order valence-corrected chi connectivity index (χ0v) is 11.6. The molecule has 2 rings (SSSR count). The van der Waals surface area contributed by atoms with Gasteiger partial charge in [-0.25, -0.2) is 4.98 Å². The Morgan fingerprint density at radius 2 is 2.33 bits per heavy atom. The zero-order chi connectivity index (χ0) is 12.8. The molecule has 0 radical (unpaired) electrons. The fourth-order valence-corrected chi connectivity index (χ4v) is 2.56. The monoisotopic (exact) mass is 251 g/mol. The second-order valence-corrected chi connectivity index (χ2v) is 5.05. The molecule has 1 fully saturated rings. The van der Waals surface area contributed by atoms with Gasteiger partial charge in [0, 0.05) is 19.2 Å². The van der Waals surface area contributed by atoms with Crippen molar-refractivity contribution in [2.45, 2.75) is 58.2 Å². The minimum atomic E-state index is 0.210. The lowest BCUT2D eigenvalue weighted by atomic mass is 10.0. The van der Waals surface area contributed by atoms with Gasteiger partial charge in [0.1, 0.15) is 6.10 Å². The van der Waals surface area contributed by atoms with Crippen molar-refractivity contribution in [3.8, 4) is 0 Å². The summed E-state index contributed by atoms with van der Waals surface area (Å²) in [7, 11) is 0. The minimum Gasteiger partial charge on any atom is -0.372 e. The molecule has 1 aliphatic heterocycles. The lowest BCUT2D eigenvalue weighted by Crippen LogP contribution is -2.36. The van der Waals surface area contributed by atoms with Crippen LogP contribution in [0.15, 0.2) is 12.5 Å². The molecule has 0 saturated carbocycles. The summed E-state index contributed by atoms with van der Waals surface area (Å²) in [6.45, 7) is 7.38. The number of aryl methyl sites for hydroxylation is 1. The molecular formula is C14H25N3O. The molecule has 0 aromatic carbocycles. The summed E-state index contributed by atoms with van der Waals surface area (Å²) in [6, 6.07) is 0.591. The van der Waals surface area contributed by atoms with Gasteiger partial charge in [-0.05, 0) is 32.2 Å². The number of ether oxygens (including phenoxy) is 1. The predicted octanol–water partition coefficient (Wildman–Crippen LogP) is 2.51. The average Bonchev–Trinajstić information content (AvgIpc) is 2.85. The molecule has 1 N–H and O–H groups in total. The normalized spacial score (nSPS) is 24.3. The van der Waals surface area contributed by atoms with E-state index in [4.69, 9.17) is 4.74 Å². The fourth-order valence-electron chi connectivity index (χ4n) is 2.56. The third-order valence-corrected chi connectivity index (χ3v) is 3.51. The van der Waals surface area contributed by atoms with Crippen molar-refractivity contribution in [3.05, 3.63) is 18.2 Å². The Balaban J connectivity index is 1.97. The number of rotatable bonds is 6. The van der Waals surface area contributed by atoms with Crippen molar-refractivity contribution < 1.29 is 4.74 Å². The van der Waals surface area contributed by atoms with Gasteiger partial charge in [0.25, 0.3) is 0 Å². The number of hydrogen-bond donors (Lipinski definition) is 1. The van der Waals surface area contributed by atoms with Crippen molar-refractivity contribution in [3.63, 3.8) is 0 Å². The molecule has 2 unspecified atom stereocenters. The van der Waals surface area contributed by atoms with Crippen LogP contribution in [0.1, 0.15) is 51.3 Å². The van der Waals surface area contributed by atoms with E-state index in [9.17, 15) is 0 Å². The largest absolute Gasteiger partial charge is 0.372 e. The molecule has 0 bridgehead atoms. The first kappa shape index (κ1) is 13.6. The highest BCUT2D eigenvalue weighted by Crippen LogP contribution is 2.28. The van der Waals surface area contributed by atoms with Crippen LogP contribution >= 0.6 is 0 Å². The van der Waals surface area contributed by atoms with Gasteiger partial charge >= 0.3 is 0 Å². The summed E-state index contributed by atoms with van der Waals surface area (Å²) in [5.41, 5.74) is 1.24. The summed E-state index contributed by atoms with van der Waals surface area (Å²) in [4.78, 5) is 4.27. The van der Waals surface area contributed by atoms with E-state index in [0.29, 0.717) is 6.04 Å². The Morgan fingerprint density at radius 3 is 3.11 bits per heavy atom. The molecule has 1 aliphatic rings. The summed E-state index contributed by atoms with van der Waals surface area (Å²) < 4.78 is 8.15. The van der Waals surface area contributed by atoms with Crippen molar-refractivity contribution in [2.75, 3.05) is 13.2 Å². The van der Waals surface area contributed by atoms with Gasteiger partial charge in [-0.3, -0.25) is 0 Å². The smallest absolute Gasteiger partial charge is 0.100 e. The highest BCUT2D eigenvalue weighted by Gasteiger charge is 2.25. The standard InChI is InChI=1S/C14H25N3O/c1-3-6-16-12-5-8-18-14(9-12)13-10-15-11-17(13)7-4-2/h10-12,14,16H,3-9H2,1-2H3. The molecule has 0 spiro atoms. The first-order valence-corrected chi connectivity index (χ1v) is 7.20. The van der Waals surface area contributed by atoms with E-state index >= 15 is 0 Å². The van der Waals surface area contributed by atoms with E-state index in [2.05, 4.69) is 28.7 Å². The first-order valence-electron chi connectivity index (χ1n) is 7.20. The first-order chi connectivity index (χ1) is 8.85. The Hall–Kier alpha value is -0.870. The number of nitrogens with one attached hydrogen (secondary N) is 1. The van der Waals surface area contributed by atoms with Gasteiger partial charge in [0.05, 0.1) is 18.2 Å². The van der Waals surface area contributed by atoms with Crippen molar-refractivity contribution in [1.82, 2.24) is 14.9 Å². The number of imidazole rings is 1. The van der Waals surface area contributed by atoms with E-state index in [1.54, 1.807) is 0 Å². The predicted molar refractivity (Wildman–Crippen MR) is 72.5 cm³/mol. The van der Waals surface area contributed by atoms with Gasteiger partial charge in [-0.2, -0.15) is 0 Å². The highest BCUT2D eigenvalue weighted by molar-refractivity contribution is 5.05. The number of aromatic nitrogens is 2. The Kier molecular flexibility index (Phi) is 5.20. The van der Waals surface area contributed by atoms with Gasteiger partial charge in [0.15, 0.2) is 0 Å². The SMILES string of the molecule is CCCNC1CCOC(c2cncn2CCC)C1. The Bertz CT molecular complexity index is 351. The quantitative estimate of drug-likeness (QED) is 0.844. The zero-order valence-electron chi connectivity index (χ0n) is 11.6. The summed E-state index contributed by atoms with van der Waals surface area (Å²) in [5, 5.41) is 3.60. The summed E-state index contributed by atoms with van der Waals surface area (Å²) in [5.74, 6) is 0. The summed E-state index contributed by atoms with van der Waals surface area (Å²) in [6.07, 6.45) is 8.60. The molecular weight excluding hydrogens is 226 g/mol. The third kappa shape index (κ3) is 3.33. The van der Waals surface area contributed by atoms with Crippen LogP contribution in [0.2, 0.25) is 0 Å². The van der Waals surface area contributed by atoms with Crippen LogP contribution < -0.4 is 5.32 Å². The molecule has 4 heteroatoms. The maximum absolute atomic E-state index is 5.92. The topological polar surface area (TPSA) is 39.1 Å². The number of nitrogens with zero attached hydrogens (tertiary/aromatic N) is 2. The van der Waals surface area contributed by atoms with E-state index < -0.39 is 0 Å². The maximum Gasteiger partial charge on any atom is 0.100 e. The van der Waals surface area contributed by atoms with Crippen LogP contribution in [0.3, 0.4) is 0 Å². The molecule has 2 atom stereocenters. The van der Waals surface area contributed by atoms with Crippen LogP contribution in [0.4, 0.5) is 0 Å². The van der Waals surface area contributed by atoms with Crippen molar-refractivity contribution in [1.29, 1.82) is 0 Å². The fraction of sp³-hybridized carbons (Fsp3) is 0.786. The second-order valence-electron chi connectivity index (χ2n) is 5.05. The van der Waals surface area contributed by atoms with Crippen LogP contribution in [0.25, 0.3) is 0 Å². The average molecular weight is 251 g/mol. The van der Waals surface area contributed by atoms with Crippen LogP contribution in [0, 0.1) is 0 Å². The number of hydrogen-bond acceptors (Lipinski definition) is 3. The minimum absolute atomic E-state index is 0.210. The lowest BCUT2D eigenvalue weighted by molar-refractivity contribution is -0.00413. The second kappa shape index (κ2) is 6.90. The third-order valence-electron chi connectivity index (χ3n) is 3.51. The van der Waals surface area contributed by atoms with Gasteiger partial charge in [-0.15, -0.1) is 0 Å². The van der Waals surface area contributed by atoms with Crippen molar-refractivity contribution >= 4 is 0 Å². The molecule has 0 amide bonds.